The number of carbonyl (C=O) groups is 1. The van der Waals surface area contributed by atoms with Gasteiger partial charge >= 0.3 is 0 Å². The number of nitro benzene ring substituents is 1. The number of rotatable bonds is 7. The molecule has 1 amide bonds. The second-order valence-corrected chi connectivity index (χ2v) is 6.19. The van der Waals surface area contributed by atoms with Crippen LogP contribution in [0, 0.1) is 10.1 Å². The number of anilines is 1. The monoisotopic (exact) mass is 393 g/mol. The summed E-state index contributed by atoms with van der Waals surface area (Å²) in [6.07, 6.45) is 1.43. The van der Waals surface area contributed by atoms with Crippen LogP contribution in [-0.2, 0) is 6.54 Å². The molecule has 0 spiro atoms. The van der Waals surface area contributed by atoms with E-state index < -0.39 is 10.8 Å². The lowest BCUT2D eigenvalue weighted by atomic mass is 10.2. The number of nitrogens with one attached hydrogen (secondary N) is 1. The van der Waals surface area contributed by atoms with Crippen molar-refractivity contribution in [2.75, 3.05) is 11.9 Å². The molecule has 0 saturated heterocycles. The molecule has 3 aromatic rings. The fourth-order valence-electron chi connectivity index (χ4n) is 2.80. The minimum atomic E-state index is -0.494. The smallest absolute Gasteiger partial charge is 0.269 e. The van der Waals surface area contributed by atoms with Gasteiger partial charge in [-0.2, -0.15) is 0 Å². The van der Waals surface area contributed by atoms with Gasteiger partial charge in [0.05, 0.1) is 29.3 Å². The Morgan fingerprint density at radius 1 is 1.14 bits per heavy atom. The highest BCUT2D eigenvalue weighted by Crippen LogP contribution is 2.24. The molecule has 8 nitrogen and oxygen atoms in total. The first-order valence-corrected chi connectivity index (χ1v) is 8.95. The quantitative estimate of drug-likeness (QED) is 0.489. The lowest BCUT2D eigenvalue weighted by Gasteiger charge is -2.12. The van der Waals surface area contributed by atoms with Crippen LogP contribution >= 0.6 is 0 Å². The topological polar surface area (TPSA) is 103 Å². The van der Waals surface area contributed by atoms with Gasteiger partial charge in [0.1, 0.15) is 5.75 Å². The van der Waals surface area contributed by atoms with Crippen molar-refractivity contribution in [1.82, 2.24) is 4.57 Å². The number of ether oxygens (including phenoxy) is 1. The largest absolute Gasteiger partial charge is 0.492 e. The lowest BCUT2D eigenvalue weighted by molar-refractivity contribution is -0.384. The van der Waals surface area contributed by atoms with Crippen LogP contribution in [0.15, 0.2) is 71.7 Å². The third-order valence-corrected chi connectivity index (χ3v) is 4.16. The maximum Gasteiger partial charge on any atom is 0.269 e. The molecule has 0 unspecified atom stereocenters. The van der Waals surface area contributed by atoms with E-state index in [9.17, 15) is 19.7 Å². The molecule has 0 aliphatic heterocycles. The van der Waals surface area contributed by atoms with Crippen LogP contribution in [0.25, 0.3) is 0 Å². The molecular weight excluding hydrogens is 374 g/mol. The van der Waals surface area contributed by atoms with Gasteiger partial charge in [0.2, 0.25) is 0 Å². The molecule has 0 aliphatic rings. The normalized spacial score (nSPS) is 10.4. The number of carbonyl (C=O) groups excluding carboxylic acids is 1. The second-order valence-electron chi connectivity index (χ2n) is 6.19. The van der Waals surface area contributed by atoms with Gasteiger partial charge in [0.15, 0.2) is 0 Å². The van der Waals surface area contributed by atoms with Gasteiger partial charge < -0.3 is 14.6 Å². The Kier molecular flexibility index (Phi) is 6.03. The first-order valence-electron chi connectivity index (χ1n) is 8.95. The molecular formula is C21H19N3O5. The van der Waals surface area contributed by atoms with E-state index in [0.29, 0.717) is 23.6 Å². The Bertz CT molecular complexity index is 1110. The number of amides is 1. The molecule has 0 radical (unpaired) electrons. The third-order valence-electron chi connectivity index (χ3n) is 4.16. The summed E-state index contributed by atoms with van der Waals surface area (Å²) in [4.78, 5) is 35.3. The van der Waals surface area contributed by atoms with Crippen molar-refractivity contribution in [2.24, 2.45) is 0 Å². The highest BCUT2D eigenvalue weighted by atomic mass is 16.6. The van der Waals surface area contributed by atoms with E-state index in [1.54, 1.807) is 36.4 Å². The minimum Gasteiger partial charge on any atom is -0.492 e. The number of hydrogen-bond donors (Lipinski definition) is 1. The first-order chi connectivity index (χ1) is 14.0. The van der Waals surface area contributed by atoms with Gasteiger partial charge in [-0.05, 0) is 30.7 Å². The highest BCUT2D eigenvalue weighted by Gasteiger charge is 2.12. The van der Waals surface area contributed by atoms with Gasteiger partial charge in [-0.1, -0.05) is 24.3 Å². The fraction of sp³-hybridized carbons (Fsp3) is 0.143. The predicted octanol–water partition coefficient (Wildman–Crippen LogP) is 3.46. The molecule has 0 fully saturated rings. The molecule has 8 heteroatoms. The van der Waals surface area contributed by atoms with Crippen molar-refractivity contribution in [1.29, 1.82) is 0 Å². The fourth-order valence-corrected chi connectivity index (χ4v) is 2.80. The van der Waals surface area contributed by atoms with Crippen molar-refractivity contribution in [3.8, 4) is 5.75 Å². The molecule has 0 atom stereocenters. The van der Waals surface area contributed by atoms with Crippen LogP contribution < -0.4 is 15.6 Å². The van der Waals surface area contributed by atoms with E-state index in [4.69, 9.17) is 4.74 Å². The zero-order chi connectivity index (χ0) is 20.8. The molecule has 29 heavy (non-hydrogen) atoms. The summed E-state index contributed by atoms with van der Waals surface area (Å²) >= 11 is 0. The summed E-state index contributed by atoms with van der Waals surface area (Å²) in [6.45, 7) is 2.42. The van der Waals surface area contributed by atoms with Crippen molar-refractivity contribution in [3.05, 3.63) is 98.5 Å². The van der Waals surface area contributed by atoms with Crippen molar-refractivity contribution in [2.45, 2.75) is 13.5 Å². The summed E-state index contributed by atoms with van der Waals surface area (Å²) in [5.74, 6) is 0.151. The summed E-state index contributed by atoms with van der Waals surface area (Å²) in [5, 5.41) is 13.7. The van der Waals surface area contributed by atoms with Crippen LogP contribution in [0.3, 0.4) is 0 Å². The number of benzene rings is 2. The molecule has 1 aromatic heterocycles. The average molecular weight is 393 g/mol. The predicted molar refractivity (Wildman–Crippen MR) is 108 cm³/mol. The van der Waals surface area contributed by atoms with Crippen LogP contribution in [0.1, 0.15) is 22.8 Å². The number of para-hydroxylation sites is 2. The van der Waals surface area contributed by atoms with E-state index in [1.807, 2.05) is 6.92 Å². The molecule has 1 N–H and O–H groups in total. The Hall–Kier alpha value is -3.94. The molecule has 3 rings (SSSR count). The number of non-ortho nitro benzene ring substituents is 1. The number of aromatic nitrogens is 1. The Morgan fingerprint density at radius 2 is 1.93 bits per heavy atom. The number of nitrogens with zero attached hydrogens (tertiary/aromatic N) is 2. The van der Waals surface area contributed by atoms with Gasteiger partial charge in [0, 0.05) is 24.4 Å². The highest BCUT2D eigenvalue weighted by molar-refractivity contribution is 6.04. The van der Waals surface area contributed by atoms with Gasteiger partial charge in [0.25, 0.3) is 17.2 Å². The van der Waals surface area contributed by atoms with Crippen LogP contribution in [0.4, 0.5) is 11.4 Å². The van der Waals surface area contributed by atoms with E-state index >= 15 is 0 Å². The molecule has 0 aliphatic carbocycles. The standard InChI is InChI=1S/C21H19N3O5/c1-2-29-19-9-4-3-8-18(19)22-21(26)16-10-11-20(25)23(14-16)13-15-6-5-7-17(12-15)24(27)28/h3-12,14H,2,13H2,1H3,(H,22,26). The molecule has 148 valence electrons. The number of hydrogen-bond acceptors (Lipinski definition) is 5. The zero-order valence-electron chi connectivity index (χ0n) is 15.7. The minimum absolute atomic E-state index is 0.0584. The van der Waals surface area contributed by atoms with Gasteiger partial charge in [-0.25, -0.2) is 0 Å². The van der Waals surface area contributed by atoms with Crippen molar-refractivity contribution in [3.63, 3.8) is 0 Å². The Labute approximate surface area is 166 Å². The lowest BCUT2D eigenvalue weighted by Crippen LogP contribution is -2.22. The molecule has 0 saturated carbocycles. The Balaban J connectivity index is 1.84. The van der Waals surface area contributed by atoms with Crippen LogP contribution in [0.2, 0.25) is 0 Å². The van der Waals surface area contributed by atoms with Crippen LogP contribution in [-0.4, -0.2) is 22.0 Å². The maximum absolute atomic E-state index is 12.7. The first kappa shape index (κ1) is 19.8. The molecule has 0 bridgehead atoms. The van der Waals surface area contributed by atoms with Crippen molar-refractivity contribution >= 4 is 17.3 Å². The summed E-state index contributed by atoms with van der Waals surface area (Å²) in [7, 11) is 0. The average Bonchev–Trinajstić information content (AvgIpc) is 2.71. The van der Waals surface area contributed by atoms with E-state index in [-0.39, 0.29) is 23.4 Å². The Morgan fingerprint density at radius 3 is 2.69 bits per heavy atom. The second kappa shape index (κ2) is 8.83. The van der Waals surface area contributed by atoms with Crippen LogP contribution in [0.5, 0.6) is 5.75 Å². The SMILES string of the molecule is CCOc1ccccc1NC(=O)c1ccc(=O)n(Cc2cccc([N+](=O)[O-])c2)c1. The summed E-state index contributed by atoms with van der Waals surface area (Å²) in [5.41, 5.74) is 1.01. The van der Waals surface area contributed by atoms with Gasteiger partial charge in [-0.3, -0.25) is 19.7 Å². The van der Waals surface area contributed by atoms with E-state index in [0.717, 1.165) is 0 Å². The maximum atomic E-state index is 12.7. The van der Waals surface area contributed by atoms with Crippen molar-refractivity contribution < 1.29 is 14.5 Å². The molecule has 2 aromatic carbocycles. The summed E-state index contributed by atoms with van der Waals surface area (Å²) < 4.78 is 6.84. The number of nitro groups is 1. The summed E-state index contributed by atoms with van der Waals surface area (Å²) in [6, 6.07) is 15.8. The molecule has 1 heterocycles. The van der Waals surface area contributed by atoms with E-state index in [1.165, 1.54) is 35.0 Å². The van der Waals surface area contributed by atoms with Gasteiger partial charge in [-0.15, -0.1) is 0 Å². The number of pyridine rings is 1. The zero-order valence-corrected chi connectivity index (χ0v) is 15.7. The van der Waals surface area contributed by atoms with E-state index in [2.05, 4.69) is 5.32 Å². The third kappa shape index (κ3) is 4.86.